The van der Waals surface area contributed by atoms with Crippen LogP contribution in [-0.2, 0) is 24.4 Å². The second-order valence-electron chi connectivity index (χ2n) is 6.56. The number of hydrogen-bond donors (Lipinski definition) is 0. The molecule has 0 aromatic heterocycles. The van der Waals surface area contributed by atoms with E-state index in [0.29, 0.717) is 30.3 Å². The highest BCUT2D eigenvalue weighted by Gasteiger charge is 2.19. The van der Waals surface area contributed by atoms with E-state index in [1.165, 1.54) is 0 Å². The van der Waals surface area contributed by atoms with Crippen molar-refractivity contribution < 1.29 is 19.0 Å². The van der Waals surface area contributed by atoms with Crippen molar-refractivity contribution in [2.45, 2.75) is 26.6 Å². The minimum atomic E-state index is -0.492. The fourth-order valence-electron chi connectivity index (χ4n) is 2.92. The average Bonchev–Trinajstić information content (AvgIpc) is 2.78. The molecule has 5 nitrogen and oxygen atoms in total. The Morgan fingerprint density at radius 2 is 1.43 bits per heavy atom. The zero-order valence-electron chi connectivity index (χ0n) is 16.8. The standard InChI is InChI=1S/C25H23NO4/c1-2-28-25(27)22-16-23(29-17-19-9-5-3-6-10-19)21(13-14-26)15-24(22)30-18-20-11-7-4-8-12-20/h3-12,15-16H,2,13,17-18H2,1H3. The summed E-state index contributed by atoms with van der Waals surface area (Å²) < 4.78 is 17.1. The Hall–Kier alpha value is -3.78. The van der Waals surface area contributed by atoms with Gasteiger partial charge in [0.05, 0.1) is 19.1 Å². The molecule has 0 fully saturated rings. The maximum absolute atomic E-state index is 12.5. The predicted molar refractivity (Wildman–Crippen MR) is 113 cm³/mol. The van der Waals surface area contributed by atoms with Crippen LogP contribution in [0.25, 0.3) is 0 Å². The Kier molecular flexibility index (Phi) is 7.45. The number of nitriles is 1. The van der Waals surface area contributed by atoms with Gasteiger partial charge in [-0.1, -0.05) is 60.7 Å². The average molecular weight is 401 g/mol. The van der Waals surface area contributed by atoms with Crippen LogP contribution in [-0.4, -0.2) is 12.6 Å². The van der Waals surface area contributed by atoms with Crippen LogP contribution >= 0.6 is 0 Å². The van der Waals surface area contributed by atoms with Gasteiger partial charge in [-0.2, -0.15) is 5.26 Å². The Balaban J connectivity index is 1.90. The maximum Gasteiger partial charge on any atom is 0.342 e. The molecule has 0 N–H and O–H groups in total. The molecule has 3 rings (SSSR count). The van der Waals surface area contributed by atoms with E-state index in [0.717, 1.165) is 11.1 Å². The summed E-state index contributed by atoms with van der Waals surface area (Å²) >= 11 is 0. The third-order valence-electron chi connectivity index (χ3n) is 4.40. The van der Waals surface area contributed by atoms with Crippen molar-refractivity contribution in [3.63, 3.8) is 0 Å². The van der Waals surface area contributed by atoms with Crippen LogP contribution < -0.4 is 9.47 Å². The van der Waals surface area contributed by atoms with E-state index in [4.69, 9.17) is 14.2 Å². The first-order valence-corrected chi connectivity index (χ1v) is 9.75. The molecule has 3 aromatic carbocycles. The predicted octanol–water partition coefficient (Wildman–Crippen LogP) is 5.09. The van der Waals surface area contributed by atoms with Gasteiger partial charge in [0.25, 0.3) is 0 Å². The van der Waals surface area contributed by atoms with Gasteiger partial charge >= 0.3 is 5.97 Å². The number of benzene rings is 3. The van der Waals surface area contributed by atoms with Gasteiger partial charge in [-0.15, -0.1) is 0 Å². The summed E-state index contributed by atoms with van der Waals surface area (Å²) in [5.41, 5.74) is 2.89. The Morgan fingerprint density at radius 1 is 0.867 bits per heavy atom. The Bertz CT molecular complexity index is 1010. The normalized spacial score (nSPS) is 10.1. The topological polar surface area (TPSA) is 68.5 Å². The molecular weight excluding hydrogens is 378 g/mol. The number of carbonyl (C=O) groups excluding carboxylic acids is 1. The van der Waals surface area contributed by atoms with Crippen molar-refractivity contribution >= 4 is 5.97 Å². The monoisotopic (exact) mass is 401 g/mol. The SMILES string of the molecule is CCOC(=O)c1cc(OCc2ccccc2)c(CC#N)cc1OCc1ccccc1. The summed E-state index contributed by atoms with van der Waals surface area (Å²) in [5, 5.41) is 9.25. The summed E-state index contributed by atoms with van der Waals surface area (Å²) in [6.07, 6.45) is 0.134. The van der Waals surface area contributed by atoms with Crippen molar-refractivity contribution in [3.05, 3.63) is 95.1 Å². The minimum Gasteiger partial charge on any atom is -0.489 e. The minimum absolute atomic E-state index is 0.134. The molecule has 0 atom stereocenters. The van der Waals surface area contributed by atoms with Crippen LogP contribution in [0.4, 0.5) is 0 Å². The highest BCUT2D eigenvalue weighted by molar-refractivity contribution is 5.93. The number of carbonyl (C=O) groups is 1. The van der Waals surface area contributed by atoms with E-state index in [-0.39, 0.29) is 18.6 Å². The molecule has 0 unspecified atom stereocenters. The summed E-state index contributed by atoms with van der Waals surface area (Å²) in [6.45, 7) is 2.62. The Morgan fingerprint density at radius 3 is 1.97 bits per heavy atom. The number of hydrogen-bond acceptors (Lipinski definition) is 5. The Labute approximate surface area is 176 Å². The molecule has 5 heteroatoms. The van der Waals surface area contributed by atoms with Crippen molar-refractivity contribution in [2.24, 2.45) is 0 Å². The number of ether oxygens (including phenoxy) is 3. The van der Waals surface area contributed by atoms with Crippen LogP contribution in [0.5, 0.6) is 11.5 Å². The van der Waals surface area contributed by atoms with E-state index in [9.17, 15) is 10.1 Å². The maximum atomic E-state index is 12.5. The summed E-state index contributed by atoms with van der Waals surface area (Å²) in [6, 6.07) is 24.8. The van der Waals surface area contributed by atoms with Crippen LogP contribution in [0, 0.1) is 11.3 Å². The molecule has 0 heterocycles. The van der Waals surface area contributed by atoms with Crippen molar-refractivity contribution in [1.82, 2.24) is 0 Å². The van der Waals surface area contributed by atoms with E-state index in [2.05, 4.69) is 6.07 Å². The number of esters is 1. The van der Waals surface area contributed by atoms with Gasteiger partial charge in [-0.05, 0) is 30.2 Å². The first-order valence-electron chi connectivity index (χ1n) is 9.75. The number of nitrogens with zero attached hydrogens (tertiary/aromatic N) is 1. The third-order valence-corrected chi connectivity index (χ3v) is 4.40. The van der Waals surface area contributed by atoms with Gasteiger partial charge in [0.1, 0.15) is 30.3 Å². The molecule has 0 saturated heterocycles. The first-order chi connectivity index (χ1) is 14.7. The van der Waals surface area contributed by atoms with E-state index in [1.54, 1.807) is 19.1 Å². The lowest BCUT2D eigenvalue weighted by Crippen LogP contribution is -2.10. The fourth-order valence-corrected chi connectivity index (χ4v) is 2.92. The third kappa shape index (κ3) is 5.62. The largest absolute Gasteiger partial charge is 0.489 e. The van der Waals surface area contributed by atoms with Crippen molar-refractivity contribution in [2.75, 3.05) is 6.61 Å². The van der Waals surface area contributed by atoms with Crippen LogP contribution in [0.3, 0.4) is 0 Å². The van der Waals surface area contributed by atoms with Gasteiger partial charge in [-0.3, -0.25) is 0 Å². The smallest absolute Gasteiger partial charge is 0.342 e. The van der Waals surface area contributed by atoms with Gasteiger partial charge in [0.2, 0.25) is 0 Å². The van der Waals surface area contributed by atoms with Gasteiger partial charge in [0, 0.05) is 5.56 Å². The van der Waals surface area contributed by atoms with Crippen molar-refractivity contribution in [1.29, 1.82) is 5.26 Å². The molecule has 0 aliphatic carbocycles. The van der Waals surface area contributed by atoms with Gasteiger partial charge in [0.15, 0.2) is 0 Å². The lowest BCUT2D eigenvalue weighted by atomic mass is 10.1. The molecule has 0 bridgehead atoms. The van der Waals surface area contributed by atoms with Crippen LogP contribution in [0.1, 0.15) is 34.0 Å². The molecule has 152 valence electrons. The molecular formula is C25H23NO4. The molecule has 3 aromatic rings. The van der Waals surface area contributed by atoms with Crippen molar-refractivity contribution in [3.8, 4) is 17.6 Å². The lowest BCUT2D eigenvalue weighted by Gasteiger charge is -2.16. The quantitative estimate of drug-likeness (QED) is 0.467. The summed E-state index contributed by atoms with van der Waals surface area (Å²) in [4.78, 5) is 12.5. The molecule has 0 spiro atoms. The van der Waals surface area contributed by atoms with E-state index in [1.807, 2.05) is 60.7 Å². The van der Waals surface area contributed by atoms with E-state index < -0.39 is 5.97 Å². The second-order valence-corrected chi connectivity index (χ2v) is 6.56. The fraction of sp³-hybridized carbons (Fsp3) is 0.200. The second kappa shape index (κ2) is 10.7. The van der Waals surface area contributed by atoms with Gasteiger partial charge in [-0.25, -0.2) is 4.79 Å². The summed E-state index contributed by atoms with van der Waals surface area (Å²) in [7, 11) is 0. The zero-order valence-corrected chi connectivity index (χ0v) is 16.8. The molecule has 0 aliphatic heterocycles. The van der Waals surface area contributed by atoms with Crippen LogP contribution in [0.15, 0.2) is 72.8 Å². The molecule has 0 saturated carbocycles. The van der Waals surface area contributed by atoms with Crippen LogP contribution in [0.2, 0.25) is 0 Å². The zero-order chi connectivity index (χ0) is 21.2. The highest BCUT2D eigenvalue weighted by Crippen LogP contribution is 2.31. The summed E-state index contributed by atoms with van der Waals surface area (Å²) in [5.74, 6) is 0.346. The first kappa shape index (κ1) is 20.9. The molecule has 0 amide bonds. The van der Waals surface area contributed by atoms with E-state index >= 15 is 0 Å². The highest BCUT2D eigenvalue weighted by atomic mass is 16.5. The molecule has 30 heavy (non-hydrogen) atoms. The van der Waals surface area contributed by atoms with Gasteiger partial charge < -0.3 is 14.2 Å². The number of rotatable bonds is 9. The molecule has 0 aliphatic rings. The molecule has 0 radical (unpaired) electrons. The lowest BCUT2D eigenvalue weighted by molar-refractivity contribution is 0.0520.